The third kappa shape index (κ3) is 3.92. The molecule has 1 aromatic heterocycles. The van der Waals surface area contributed by atoms with Crippen molar-refractivity contribution < 1.29 is 22.8 Å². The highest BCUT2D eigenvalue weighted by Crippen LogP contribution is 2.39. The lowest BCUT2D eigenvalue weighted by atomic mass is 10.1. The van der Waals surface area contributed by atoms with Gasteiger partial charge in [0.25, 0.3) is 5.91 Å². The van der Waals surface area contributed by atoms with E-state index in [-0.39, 0.29) is 31.2 Å². The zero-order valence-electron chi connectivity index (χ0n) is 15.2. The molecule has 9 heteroatoms. The number of nitrogens with zero attached hydrogens (tertiary/aromatic N) is 3. The predicted molar refractivity (Wildman–Crippen MR) is 96.8 cm³/mol. The van der Waals surface area contributed by atoms with Crippen LogP contribution in [0.2, 0.25) is 0 Å². The number of carbonyl (C=O) groups is 2. The van der Waals surface area contributed by atoms with Gasteiger partial charge in [-0.2, -0.15) is 18.3 Å². The highest BCUT2D eigenvalue weighted by Gasteiger charge is 2.46. The average Bonchev–Trinajstić information content (AvgIpc) is 3.05. The van der Waals surface area contributed by atoms with Crippen molar-refractivity contribution in [3.8, 4) is 0 Å². The Morgan fingerprint density at radius 2 is 2.00 bits per heavy atom. The van der Waals surface area contributed by atoms with Gasteiger partial charge in [-0.15, -0.1) is 0 Å². The van der Waals surface area contributed by atoms with Gasteiger partial charge >= 0.3 is 6.18 Å². The topological polar surface area (TPSA) is 67.2 Å². The van der Waals surface area contributed by atoms with Crippen molar-refractivity contribution in [1.29, 1.82) is 0 Å². The fourth-order valence-corrected chi connectivity index (χ4v) is 3.11. The molecule has 1 aromatic carbocycles. The SMILES string of the molecule is C=CC(=O)NCc1ccc(C(=O)N2CCC(C(F)(F)F)n3nc(C)cc32)cc1. The normalized spacial score (nSPS) is 16.4. The Kier molecular flexibility index (Phi) is 5.26. The van der Waals surface area contributed by atoms with Crippen LogP contribution >= 0.6 is 0 Å². The standard InChI is InChI=1S/C19H19F3N4O2/c1-3-16(27)23-11-13-4-6-14(7-5-13)18(28)25-9-8-15(19(20,21)22)26-17(25)10-12(2)24-26/h3-7,10,15H,1,8-9,11H2,2H3,(H,23,27). The summed E-state index contributed by atoms with van der Waals surface area (Å²) in [5.41, 5.74) is 1.54. The van der Waals surface area contributed by atoms with Gasteiger partial charge in [-0.1, -0.05) is 18.7 Å². The van der Waals surface area contributed by atoms with Crippen LogP contribution in [-0.4, -0.2) is 34.3 Å². The number of carbonyl (C=O) groups excluding carboxylic acids is 2. The molecule has 1 unspecified atom stereocenters. The first-order valence-electron chi connectivity index (χ1n) is 8.64. The zero-order chi connectivity index (χ0) is 20.5. The molecule has 0 radical (unpaired) electrons. The minimum Gasteiger partial charge on any atom is -0.348 e. The number of halogens is 3. The minimum absolute atomic E-state index is 0.0503. The summed E-state index contributed by atoms with van der Waals surface area (Å²) in [6.07, 6.45) is -3.53. The second-order valence-electron chi connectivity index (χ2n) is 6.51. The van der Waals surface area contributed by atoms with E-state index in [4.69, 9.17) is 0 Å². The molecule has 0 saturated heterocycles. The molecule has 2 aromatic rings. The largest absolute Gasteiger partial charge is 0.410 e. The molecule has 0 fully saturated rings. The van der Waals surface area contributed by atoms with E-state index in [0.29, 0.717) is 11.3 Å². The van der Waals surface area contributed by atoms with Gasteiger partial charge in [-0.05, 0) is 37.1 Å². The van der Waals surface area contributed by atoms with Gasteiger partial charge in [-0.3, -0.25) is 14.5 Å². The lowest BCUT2D eigenvalue weighted by Gasteiger charge is -2.33. The molecule has 0 bridgehead atoms. The smallest absolute Gasteiger partial charge is 0.348 e. The summed E-state index contributed by atoms with van der Waals surface area (Å²) in [6.45, 7) is 5.18. The quantitative estimate of drug-likeness (QED) is 0.813. The fourth-order valence-electron chi connectivity index (χ4n) is 3.11. The van der Waals surface area contributed by atoms with Gasteiger partial charge in [0.05, 0.1) is 5.69 Å². The first-order valence-corrected chi connectivity index (χ1v) is 8.64. The highest BCUT2D eigenvalue weighted by atomic mass is 19.4. The van der Waals surface area contributed by atoms with E-state index >= 15 is 0 Å². The molecule has 1 atom stereocenters. The van der Waals surface area contributed by atoms with Gasteiger partial charge in [0.15, 0.2) is 6.04 Å². The van der Waals surface area contributed by atoms with Crippen LogP contribution in [0.1, 0.15) is 34.1 Å². The Morgan fingerprint density at radius 3 is 2.61 bits per heavy atom. The molecule has 1 N–H and O–H groups in total. The molecule has 2 amide bonds. The van der Waals surface area contributed by atoms with E-state index in [0.717, 1.165) is 16.3 Å². The number of aryl methyl sites for hydroxylation is 1. The molecule has 0 saturated carbocycles. The van der Waals surface area contributed by atoms with Gasteiger partial charge < -0.3 is 5.32 Å². The number of benzene rings is 1. The molecule has 2 heterocycles. The maximum Gasteiger partial charge on any atom is 0.410 e. The lowest BCUT2D eigenvalue weighted by Crippen LogP contribution is -2.43. The third-order valence-electron chi connectivity index (χ3n) is 4.51. The van der Waals surface area contributed by atoms with Crippen molar-refractivity contribution in [3.05, 3.63) is 59.8 Å². The Balaban J connectivity index is 1.80. The molecular formula is C19H19F3N4O2. The van der Waals surface area contributed by atoms with Crippen LogP contribution in [0.3, 0.4) is 0 Å². The van der Waals surface area contributed by atoms with Crippen molar-refractivity contribution in [2.45, 2.75) is 32.1 Å². The monoisotopic (exact) mass is 392 g/mol. The van der Waals surface area contributed by atoms with Crippen LogP contribution in [0.4, 0.5) is 19.0 Å². The van der Waals surface area contributed by atoms with E-state index < -0.39 is 18.1 Å². The minimum atomic E-state index is -4.43. The number of anilines is 1. The number of nitrogens with one attached hydrogen (secondary N) is 1. The second kappa shape index (κ2) is 7.49. The Labute approximate surface area is 159 Å². The van der Waals surface area contributed by atoms with Crippen LogP contribution in [0.15, 0.2) is 43.0 Å². The number of rotatable bonds is 4. The van der Waals surface area contributed by atoms with Crippen LogP contribution < -0.4 is 10.2 Å². The molecule has 0 aliphatic carbocycles. The Morgan fingerprint density at radius 1 is 1.32 bits per heavy atom. The molecule has 1 aliphatic rings. The fraction of sp³-hybridized carbons (Fsp3) is 0.316. The molecule has 28 heavy (non-hydrogen) atoms. The summed E-state index contributed by atoms with van der Waals surface area (Å²) in [4.78, 5) is 25.4. The van der Waals surface area contributed by atoms with Gasteiger partial charge in [-0.25, -0.2) is 4.68 Å². The van der Waals surface area contributed by atoms with Crippen LogP contribution in [0.5, 0.6) is 0 Å². The Bertz CT molecular complexity index is 903. The van der Waals surface area contributed by atoms with E-state index in [1.54, 1.807) is 31.2 Å². The number of hydrogen-bond donors (Lipinski definition) is 1. The van der Waals surface area contributed by atoms with Crippen molar-refractivity contribution in [2.24, 2.45) is 0 Å². The number of fused-ring (bicyclic) bond motifs is 1. The van der Waals surface area contributed by atoms with Crippen LogP contribution in [0.25, 0.3) is 0 Å². The van der Waals surface area contributed by atoms with Crippen molar-refractivity contribution in [3.63, 3.8) is 0 Å². The summed E-state index contributed by atoms with van der Waals surface area (Å²) >= 11 is 0. The molecule has 6 nitrogen and oxygen atoms in total. The van der Waals surface area contributed by atoms with Gasteiger partial charge in [0.1, 0.15) is 5.82 Å². The van der Waals surface area contributed by atoms with Crippen molar-refractivity contribution in [2.75, 3.05) is 11.4 Å². The first kappa shape index (κ1) is 19.7. The molecule has 0 spiro atoms. The summed E-state index contributed by atoms with van der Waals surface area (Å²) < 4.78 is 40.7. The predicted octanol–water partition coefficient (Wildman–Crippen LogP) is 3.15. The van der Waals surface area contributed by atoms with Gasteiger partial charge in [0.2, 0.25) is 5.91 Å². The first-order chi connectivity index (χ1) is 13.2. The lowest BCUT2D eigenvalue weighted by molar-refractivity contribution is -0.172. The number of alkyl halides is 3. The van der Waals surface area contributed by atoms with Gasteiger partial charge in [0, 0.05) is 24.7 Å². The number of hydrogen-bond acceptors (Lipinski definition) is 3. The summed E-state index contributed by atoms with van der Waals surface area (Å²) in [6, 6.07) is 6.27. The van der Waals surface area contributed by atoms with Crippen LogP contribution in [-0.2, 0) is 11.3 Å². The maximum atomic E-state index is 13.3. The molecule has 3 rings (SSSR count). The van der Waals surface area contributed by atoms with Crippen molar-refractivity contribution in [1.82, 2.24) is 15.1 Å². The zero-order valence-corrected chi connectivity index (χ0v) is 15.2. The Hall–Kier alpha value is -3.10. The van der Waals surface area contributed by atoms with E-state index in [9.17, 15) is 22.8 Å². The van der Waals surface area contributed by atoms with E-state index in [1.165, 1.54) is 11.0 Å². The molecule has 1 aliphatic heterocycles. The number of amides is 2. The van der Waals surface area contributed by atoms with Crippen LogP contribution in [0, 0.1) is 6.92 Å². The summed E-state index contributed by atoms with van der Waals surface area (Å²) in [5, 5.41) is 6.57. The van der Waals surface area contributed by atoms with E-state index in [2.05, 4.69) is 17.0 Å². The third-order valence-corrected chi connectivity index (χ3v) is 4.51. The molecular weight excluding hydrogens is 373 g/mol. The average molecular weight is 392 g/mol. The van der Waals surface area contributed by atoms with Crippen molar-refractivity contribution >= 4 is 17.6 Å². The number of aromatic nitrogens is 2. The molecule has 148 valence electrons. The highest BCUT2D eigenvalue weighted by molar-refractivity contribution is 6.05. The van der Waals surface area contributed by atoms with E-state index in [1.807, 2.05) is 0 Å². The maximum absolute atomic E-state index is 13.3. The summed E-state index contributed by atoms with van der Waals surface area (Å²) in [7, 11) is 0. The summed E-state index contributed by atoms with van der Waals surface area (Å²) in [5.74, 6) is -0.571. The second-order valence-corrected chi connectivity index (χ2v) is 6.51.